The normalized spacial score (nSPS) is 10.4. The summed E-state index contributed by atoms with van der Waals surface area (Å²) in [6, 6.07) is 6.72. The van der Waals surface area contributed by atoms with Gasteiger partial charge in [-0.15, -0.1) is 0 Å². The number of rotatable bonds is 4. The highest BCUT2D eigenvalue weighted by molar-refractivity contribution is 6.30. The predicted molar refractivity (Wildman–Crippen MR) is 84.5 cm³/mol. The van der Waals surface area contributed by atoms with Crippen molar-refractivity contribution in [2.24, 2.45) is 0 Å². The van der Waals surface area contributed by atoms with Gasteiger partial charge in [-0.2, -0.15) is 0 Å². The molecule has 1 heterocycles. The molecule has 0 bridgehead atoms. The molecule has 0 unspecified atom stereocenters. The van der Waals surface area contributed by atoms with Gasteiger partial charge in [0.15, 0.2) is 6.61 Å². The molecule has 2 aromatic rings. The zero-order valence-corrected chi connectivity index (χ0v) is 13.4. The lowest BCUT2D eigenvalue weighted by Crippen LogP contribution is -2.16. The maximum atomic E-state index is 12.2. The van der Waals surface area contributed by atoms with Crippen molar-refractivity contribution in [3.63, 3.8) is 0 Å². The number of aromatic nitrogens is 1. The number of esters is 1. The zero-order chi connectivity index (χ0) is 16.3. The topological polar surface area (TPSA) is 56.3 Å². The molecule has 2 rings (SSSR count). The lowest BCUT2D eigenvalue weighted by molar-refractivity contribution is 0.0468. The molecule has 4 nitrogen and oxygen atoms in total. The number of hydrogen-bond donors (Lipinski definition) is 0. The van der Waals surface area contributed by atoms with Crippen LogP contribution in [0.5, 0.6) is 0 Å². The fourth-order valence-electron chi connectivity index (χ4n) is 2.06. The van der Waals surface area contributed by atoms with E-state index in [0.29, 0.717) is 10.6 Å². The quantitative estimate of drug-likeness (QED) is 0.637. The van der Waals surface area contributed by atoms with Crippen LogP contribution in [0.25, 0.3) is 0 Å². The molecule has 0 fully saturated rings. The monoisotopic (exact) mass is 317 g/mol. The number of pyridine rings is 1. The maximum absolute atomic E-state index is 12.2. The van der Waals surface area contributed by atoms with Gasteiger partial charge in [-0.1, -0.05) is 17.7 Å². The minimum Gasteiger partial charge on any atom is -0.453 e. The van der Waals surface area contributed by atoms with Gasteiger partial charge < -0.3 is 4.74 Å². The molecule has 0 aliphatic rings. The first-order chi connectivity index (χ1) is 10.4. The van der Waals surface area contributed by atoms with Gasteiger partial charge in [-0.25, -0.2) is 9.78 Å². The molecule has 1 aromatic heterocycles. The summed E-state index contributed by atoms with van der Waals surface area (Å²) in [6.45, 7) is 5.46. The molecular weight excluding hydrogens is 302 g/mol. The summed E-state index contributed by atoms with van der Waals surface area (Å²) < 4.78 is 5.01. The minimum absolute atomic E-state index is 0.0807. The molecular formula is C17H16ClNO3. The third kappa shape index (κ3) is 3.71. The third-order valence-corrected chi connectivity index (χ3v) is 3.64. The zero-order valence-electron chi connectivity index (χ0n) is 12.6. The van der Waals surface area contributed by atoms with Crippen LogP contribution in [0.1, 0.15) is 37.5 Å². The molecule has 22 heavy (non-hydrogen) atoms. The van der Waals surface area contributed by atoms with Crippen molar-refractivity contribution in [3.8, 4) is 0 Å². The van der Waals surface area contributed by atoms with Gasteiger partial charge in [0.1, 0.15) is 5.69 Å². The Hall–Kier alpha value is -2.20. The predicted octanol–water partition coefficient (Wildman–Crippen LogP) is 3.70. The van der Waals surface area contributed by atoms with Crippen LogP contribution >= 0.6 is 11.6 Å². The molecule has 0 N–H and O–H groups in total. The van der Waals surface area contributed by atoms with Crippen LogP contribution in [0, 0.1) is 20.8 Å². The van der Waals surface area contributed by atoms with Crippen LogP contribution in [0.4, 0.5) is 0 Å². The Morgan fingerprint density at radius 1 is 1.09 bits per heavy atom. The summed E-state index contributed by atoms with van der Waals surface area (Å²) >= 11 is 5.79. The van der Waals surface area contributed by atoms with Crippen LogP contribution in [0.2, 0.25) is 5.02 Å². The first-order valence-electron chi connectivity index (χ1n) is 6.78. The highest BCUT2D eigenvalue weighted by Gasteiger charge is 2.15. The van der Waals surface area contributed by atoms with E-state index < -0.39 is 5.97 Å². The summed E-state index contributed by atoms with van der Waals surface area (Å²) in [5.74, 6) is -0.909. The number of carbonyl (C=O) groups excluding carboxylic acids is 2. The number of ketones is 1. The number of nitrogens with zero attached hydrogens (tertiary/aromatic N) is 1. The fraction of sp³-hybridized carbons (Fsp3) is 0.235. The van der Waals surface area contributed by atoms with E-state index in [9.17, 15) is 9.59 Å². The Morgan fingerprint density at radius 3 is 2.45 bits per heavy atom. The van der Waals surface area contributed by atoms with E-state index in [1.807, 2.05) is 32.9 Å². The largest absolute Gasteiger partial charge is 0.453 e. The van der Waals surface area contributed by atoms with Crippen LogP contribution in [-0.2, 0) is 4.74 Å². The van der Waals surface area contributed by atoms with Crippen molar-refractivity contribution in [2.75, 3.05) is 6.61 Å². The first-order valence-corrected chi connectivity index (χ1v) is 7.16. The van der Waals surface area contributed by atoms with Crippen molar-refractivity contribution < 1.29 is 14.3 Å². The Morgan fingerprint density at radius 2 is 1.77 bits per heavy atom. The third-order valence-electron chi connectivity index (χ3n) is 3.41. The molecule has 0 amide bonds. The molecule has 0 aliphatic carbocycles. The number of aryl methyl sites for hydroxylation is 3. The number of Topliss-reactive ketones (excluding diaryl/α,β-unsaturated/α-hetero) is 1. The molecule has 0 spiro atoms. The lowest BCUT2D eigenvalue weighted by Gasteiger charge is -2.09. The van der Waals surface area contributed by atoms with Gasteiger partial charge >= 0.3 is 5.97 Å². The molecule has 114 valence electrons. The van der Waals surface area contributed by atoms with Gasteiger partial charge in [0.25, 0.3) is 0 Å². The molecule has 0 saturated carbocycles. The highest BCUT2D eigenvalue weighted by atomic mass is 35.5. The maximum Gasteiger partial charge on any atom is 0.357 e. The molecule has 0 saturated heterocycles. The van der Waals surface area contributed by atoms with E-state index in [-0.39, 0.29) is 18.1 Å². The fourth-order valence-corrected chi connectivity index (χ4v) is 2.22. The van der Waals surface area contributed by atoms with Gasteiger partial charge in [-0.05, 0) is 55.7 Å². The van der Waals surface area contributed by atoms with E-state index in [2.05, 4.69) is 4.98 Å². The molecule has 5 heteroatoms. The van der Waals surface area contributed by atoms with Gasteiger partial charge in [-0.3, -0.25) is 4.79 Å². The van der Waals surface area contributed by atoms with Crippen LogP contribution in [0.3, 0.4) is 0 Å². The van der Waals surface area contributed by atoms with Gasteiger partial charge in [0.05, 0.1) is 0 Å². The Kier molecular flexibility index (Phi) is 4.93. The molecule has 0 atom stereocenters. The minimum atomic E-state index is -0.669. The van der Waals surface area contributed by atoms with Crippen LogP contribution in [0.15, 0.2) is 30.5 Å². The second-order valence-electron chi connectivity index (χ2n) is 5.11. The summed E-state index contributed by atoms with van der Waals surface area (Å²) in [5.41, 5.74) is 3.66. The van der Waals surface area contributed by atoms with E-state index >= 15 is 0 Å². The van der Waals surface area contributed by atoms with Crippen molar-refractivity contribution in [3.05, 3.63) is 63.4 Å². The average molecular weight is 318 g/mol. The van der Waals surface area contributed by atoms with Gasteiger partial charge in [0, 0.05) is 16.8 Å². The van der Waals surface area contributed by atoms with E-state index in [1.165, 1.54) is 12.3 Å². The van der Waals surface area contributed by atoms with Crippen molar-refractivity contribution in [2.45, 2.75) is 20.8 Å². The summed E-state index contributed by atoms with van der Waals surface area (Å²) in [7, 11) is 0. The summed E-state index contributed by atoms with van der Waals surface area (Å²) in [4.78, 5) is 27.9. The van der Waals surface area contributed by atoms with Gasteiger partial charge in [0.2, 0.25) is 5.78 Å². The van der Waals surface area contributed by atoms with Crippen molar-refractivity contribution >= 4 is 23.4 Å². The van der Waals surface area contributed by atoms with E-state index in [1.54, 1.807) is 6.07 Å². The smallest absolute Gasteiger partial charge is 0.357 e. The number of benzene rings is 1. The molecule has 1 aromatic carbocycles. The summed E-state index contributed by atoms with van der Waals surface area (Å²) in [5, 5.41) is 0.387. The number of hydrogen-bond acceptors (Lipinski definition) is 4. The molecule has 0 radical (unpaired) electrons. The van der Waals surface area contributed by atoms with Crippen LogP contribution in [-0.4, -0.2) is 23.3 Å². The van der Waals surface area contributed by atoms with Crippen molar-refractivity contribution in [1.82, 2.24) is 4.98 Å². The van der Waals surface area contributed by atoms with E-state index in [0.717, 1.165) is 16.7 Å². The number of halogens is 1. The standard InChI is InChI=1S/C17H16ClNO3/c1-10-6-12(3)14(7-11(10)2)16(20)9-22-17(21)15-8-13(18)4-5-19-15/h4-8H,9H2,1-3H3. The second-order valence-corrected chi connectivity index (χ2v) is 5.55. The second kappa shape index (κ2) is 6.71. The Balaban J connectivity index is 2.07. The number of ether oxygens (including phenoxy) is 1. The Labute approximate surface area is 134 Å². The number of carbonyl (C=O) groups is 2. The Bertz CT molecular complexity index is 741. The molecule has 0 aliphatic heterocycles. The lowest BCUT2D eigenvalue weighted by atomic mass is 9.98. The van der Waals surface area contributed by atoms with Crippen molar-refractivity contribution in [1.29, 1.82) is 0 Å². The first kappa shape index (κ1) is 16.2. The summed E-state index contributed by atoms with van der Waals surface area (Å²) in [6.07, 6.45) is 1.41. The van der Waals surface area contributed by atoms with Crippen LogP contribution < -0.4 is 0 Å². The average Bonchev–Trinajstić information content (AvgIpc) is 2.48. The van der Waals surface area contributed by atoms with E-state index in [4.69, 9.17) is 16.3 Å². The highest BCUT2D eigenvalue weighted by Crippen LogP contribution is 2.16. The SMILES string of the molecule is Cc1cc(C)c(C(=O)COC(=O)c2cc(Cl)ccn2)cc1C.